The molecule has 0 aliphatic carbocycles. The molecular formula is C21H26N6. The molecular weight excluding hydrogens is 336 g/mol. The van der Waals surface area contributed by atoms with Crippen molar-refractivity contribution in [1.82, 2.24) is 24.4 Å². The number of aryl methyl sites for hydroxylation is 1. The first-order valence-electron chi connectivity index (χ1n) is 9.59. The molecule has 0 radical (unpaired) electrons. The summed E-state index contributed by atoms with van der Waals surface area (Å²) in [6.07, 6.45) is 9.18. The minimum Gasteiger partial charge on any atom is -0.337 e. The van der Waals surface area contributed by atoms with E-state index >= 15 is 0 Å². The van der Waals surface area contributed by atoms with Crippen LogP contribution in [0.1, 0.15) is 24.4 Å². The maximum atomic E-state index is 4.79. The predicted octanol–water partition coefficient (Wildman–Crippen LogP) is 3.41. The molecule has 0 bridgehead atoms. The summed E-state index contributed by atoms with van der Waals surface area (Å²) >= 11 is 0. The fourth-order valence-electron chi connectivity index (χ4n) is 3.74. The van der Waals surface area contributed by atoms with Gasteiger partial charge in [-0.3, -0.25) is 4.90 Å². The molecule has 140 valence electrons. The van der Waals surface area contributed by atoms with Gasteiger partial charge < -0.3 is 9.88 Å². The zero-order chi connectivity index (χ0) is 18.5. The lowest BCUT2D eigenvalue weighted by Crippen LogP contribution is -2.36. The maximum Gasteiger partial charge on any atom is 0.131 e. The summed E-state index contributed by atoms with van der Waals surface area (Å²) < 4.78 is 2.11. The number of imidazole rings is 1. The van der Waals surface area contributed by atoms with E-state index in [1.165, 1.54) is 12.8 Å². The average molecular weight is 362 g/mol. The molecule has 0 amide bonds. The van der Waals surface area contributed by atoms with Crippen LogP contribution in [0.3, 0.4) is 0 Å². The summed E-state index contributed by atoms with van der Waals surface area (Å²) in [4.78, 5) is 16.1. The fourth-order valence-corrected chi connectivity index (χ4v) is 3.74. The Morgan fingerprint density at radius 3 is 2.81 bits per heavy atom. The minimum atomic E-state index is 0.636. The van der Waals surface area contributed by atoms with E-state index in [0.717, 1.165) is 49.2 Å². The molecule has 27 heavy (non-hydrogen) atoms. The molecule has 1 aliphatic heterocycles. The van der Waals surface area contributed by atoms with Gasteiger partial charge in [-0.1, -0.05) is 12.1 Å². The largest absolute Gasteiger partial charge is 0.337 e. The Morgan fingerprint density at radius 2 is 2.00 bits per heavy atom. The monoisotopic (exact) mass is 362 g/mol. The van der Waals surface area contributed by atoms with E-state index in [2.05, 4.69) is 43.9 Å². The van der Waals surface area contributed by atoms with Crippen LogP contribution in [0.25, 0.3) is 0 Å². The van der Waals surface area contributed by atoms with E-state index < -0.39 is 0 Å². The number of nitrogens with one attached hydrogen (secondary N) is 1. The Kier molecular flexibility index (Phi) is 5.44. The zero-order valence-electron chi connectivity index (χ0n) is 15.8. The Labute approximate surface area is 160 Å². The smallest absolute Gasteiger partial charge is 0.131 e. The second kappa shape index (κ2) is 8.31. The average Bonchev–Trinajstić information content (AvgIpc) is 3.08. The van der Waals surface area contributed by atoms with E-state index in [-0.39, 0.29) is 0 Å². The summed E-state index contributed by atoms with van der Waals surface area (Å²) in [7, 11) is 2.06. The first-order valence-corrected chi connectivity index (χ1v) is 9.59. The summed E-state index contributed by atoms with van der Waals surface area (Å²) in [5.74, 6) is 3.44. The number of piperidine rings is 1. The molecule has 4 heterocycles. The van der Waals surface area contributed by atoms with Gasteiger partial charge in [0.1, 0.15) is 17.5 Å². The molecule has 0 unspecified atom stereocenters. The number of hydrogen-bond donors (Lipinski definition) is 1. The molecule has 0 aromatic carbocycles. The van der Waals surface area contributed by atoms with Gasteiger partial charge in [0.05, 0.1) is 6.54 Å². The molecule has 6 nitrogen and oxygen atoms in total. The molecule has 1 fully saturated rings. The number of hydrogen-bond acceptors (Lipinski definition) is 5. The third-order valence-electron chi connectivity index (χ3n) is 5.11. The van der Waals surface area contributed by atoms with Crippen molar-refractivity contribution >= 4 is 11.6 Å². The normalized spacial score (nSPS) is 17.7. The van der Waals surface area contributed by atoms with Crippen molar-refractivity contribution in [3.63, 3.8) is 0 Å². The van der Waals surface area contributed by atoms with Crippen LogP contribution in [0.5, 0.6) is 0 Å². The molecule has 1 aliphatic rings. The van der Waals surface area contributed by atoms with Gasteiger partial charge in [0, 0.05) is 37.9 Å². The molecule has 0 spiro atoms. The van der Waals surface area contributed by atoms with Crippen LogP contribution in [-0.2, 0) is 20.0 Å². The Balaban J connectivity index is 1.37. The Morgan fingerprint density at radius 1 is 1.07 bits per heavy atom. The zero-order valence-corrected chi connectivity index (χ0v) is 15.8. The van der Waals surface area contributed by atoms with Gasteiger partial charge in [-0.2, -0.15) is 0 Å². The standard InChI is InChI=1S/C21H26N6/c1-26-13-11-23-21(26)16-27-12-5-6-17(15-27)14-18-7-4-9-20(24-18)25-19-8-2-3-10-22-19/h2-4,7-11,13,17H,5-6,12,14-16H2,1H3,(H,22,24,25)/t17-/m0/s1. The number of nitrogens with zero attached hydrogens (tertiary/aromatic N) is 5. The number of aromatic nitrogens is 4. The van der Waals surface area contributed by atoms with Crippen molar-refractivity contribution in [2.24, 2.45) is 13.0 Å². The SMILES string of the molecule is Cn1ccnc1CN1CCC[C@@H](Cc2cccc(Nc3ccccn3)n2)C1. The first kappa shape index (κ1) is 17.7. The number of pyridine rings is 2. The van der Waals surface area contributed by atoms with Gasteiger partial charge in [0.15, 0.2) is 0 Å². The fraction of sp³-hybridized carbons (Fsp3) is 0.381. The van der Waals surface area contributed by atoms with E-state index in [1.807, 2.05) is 36.7 Å². The van der Waals surface area contributed by atoms with Gasteiger partial charge in [-0.15, -0.1) is 0 Å². The van der Waals surface area contributed by atoms with Gasteiger partial charge in [-0.05, 0) is 56.0 Å². The lowest BCUT2D eigenvalue weighted by atomic mass is 9.93. The maximum absolute atomic E-state index is 4.79. The molecule has 3 aromatic heterocycles. The van der Waals surface area contributed by atoms with Crippen molar-refractivity contribution in [2.45, 2.75) is 25.8 Å². The second-order valence-corrected chi connectivity index (χ2v) is 7.26. The number of rotatable bonds is 6. The van der Waals surface area contributed by atoms with Gasteiger partial charge in [0.2, 0.25) is 0 Å². The molecule has 1 N–H and O–H groups in total. The number of likely N-dealkylation sites (tertiary alicyclic amines) is 1. The van der Waals surface area contributed by atoms with E-state index in [1.54, 1.807) is 6.20 Å². The third kappa shape index (κ3) is 4.71. The van der Waals surface area contributed by atoms with E-state index in [4.69, 9.17) is 4.98 Å². The molecule has 1 saturated heterocycles. The Hall–Kier alpha value is -2.73. The molecule has 4 rings (SSSR count). The van der Waals surface area contributed by atoms with Crippen LogP contribution in [-0.4, -0.2) is 37.5 Å². The van der Waals surface area contributed by atoms with Gasteiger partial charge in [0.25, 0.3) is 0 Å². The molecule has 6 heteroatoms. The van der Waals surface area contributed by atoms with E-state index in [0.29, 0.717) is 5.92 Å². The number of anilines is 2. The van der Waals surface area contributed by atoms with Crippen LogP contribution in [0.4, 0.5) is 11.6 Å². The first-order chi connectivity index (χ1) is 13.3. The highest BCUT2D eigenvalue weighted by atomic mass is 15.2. The van der Waals surface area contributed by atoms with Crippen LogP contribution in [0.15, 0.2) is 55.0 Å². The highest BCUT2D eigenvalue weighted by Gasteiger charge is 2.21. The third-order valence-corrected chi connectivity index (χ3v) is 5.11. The van der Waals surface area contributed by atoms with E-state index in [9.17, 15) is 0 Å². The lowest BCUT2D eigenvalue weighted by Gasteiger charge is -2.32. The summed E-state index contributed by atoms with van der Waals surface area (Å²) in [6, 6.07) is 12.0. The highest BCUT2D eigenvalue weighted by molar-refractivity contribution is 5.51. The van der Waals surface area contributed by atoms with Gasteiger partial charge >= 0.3 is 0 Å². The summed E-state index contributed by atoms with van der Waals surface area (Å²) in [5, 5.41) is 3.28. The molecule has 1 atom stereocenters. The van der Waals surface area contributed by atoms with Gasteiger partial charge in [-0.25, -0.2) is 15.0 Å². The predicted molar refractivity (Wildman–Crippen MR) is 107 cm³/mol. The Bertz CT molecular complexity index is 860. The van der Waals surface area contributed by atoms with Crippen LogP contribution in [0, 0.1) is 5.92 Å². The van der Waals surface area contributed by atoms with Crippen molar-refractivity contribution < 1.29 is 0 Å². The van der Waals surface area contributed by atoms with Crippen molar-refractivity contribution in [3.05, 3.63) is 66.5 Å². The topological polar surface area (TPSA) is 58.9 Å². The molecule has 0 saturated carbocycles. The van der Waals surface area contributed by atoms with Crippen LogP contribution in [0.2, 0.25) is 0 Å². The molecule has 3 aromatic rings. The lowest BCUT2D eigenvalue weighted by molar-refractivity contribution is 0.162. The minimum absolute atomic E-state index is 0.636. The van der Waals surface area contributed by atoms with Crippen molar-refractivity contribution in [2.75, 3.05) is 18.4 Å². The summed E-state index contributed by atoms with van der Waals surface area (Å²) in [6.45, 7) is 3.18. The highest BCUT2D eigenvalue weighted by Crippen LogP contribution is 2.22. The van der Waals surface area contributed by atoms with Crippen LogP contribution >= 0.6 is 0 Å². The second-order valence-electron chi connectivity index (χ2n) is 7.26. The summed E-state index contributed by atoms with van der Waals surface area (Å²) in [5.41, 5.74) is 1.14. The van der Waals surface area contributed by atoms with Crippen molar-refractivity contribution in [3.8, 4) is 0 Å². The van der Waals surface area contributed by atoms with Crippen molar-refractivity contribution in [1.29, 1.82) is 0 Å². The quantitative estimate of drug-likeness (QED) is 0.728. The van der Waals surface area contributed by atoms with Crippen LogP contribution < -0.4 is 5.32 Å².